The maximum atomic E-state index is 12.8. The molecule has 5 heteroatoms. The highest BCUT2D eigenvalue weighted by Crippen LogP contribution is 2.15. The molecule has 1 aromatic rings. The first-order valence-corrected chi connectivity index (χ1v) is 8.70. The van der Waals surface area contributed by atoms with Crippen LogP contribution in [0.1, 0.15) is 49.9 Å². The minimum absolute atomic E-state index is 0.0359. The van der Waals surface area contributed by atoms with Crippen molar-refractivity contribution in [3.05, 3.63) is 34.9 Å². The fourth-order valence-electron chi connectivity index (χ4n) is 2.90. The predicted molar refractivity (Wildman–Crippen MR) is 92.6 cm³/mol. The van der Waals surface area contributed by atoms with Crippen LogP contribution in [0.5, 0.6) is 0 Å². The van der Waals surface area contributed by atoms with Crippen molar-refractivity contribution in [2.24, 2.45) is 5.92 Å². The normalized spacial score (nSPS) is 16.3. The number of benzene rings is 1. The van der Waals surface area contributed by atoms with Crippen LogP contribution in [0.25, 0.3) is 0 Å². The lowest BCUT2D eigenvalue weighted by Crippen LogP contribution is -2.50. The van der Waals surface area contributed by atoms with Crippen molar-refractivity contribution < 1.29 is 9.59 Å². The predicted octanol–water partition coefficient (Wildman–Crippen LogP) is 3.50. The summed E-state index contributed by atoms with van der Waals surface area (Å²) >= 11 is 5.94. The van der Waals surface area contributed by atoms with Crippen molar-refractivity contribution in [3.63, 3.8) is 0 Å². The fourth-order valence-corrected chi connectivity index (χ4v) is 3.09. The number of carbonyl (C=O) groups excluding carboxylic acids is 2. The van der Waals surface area contributed by atoms with Crippen LogP contribution in [0.15, 0.2) is 24.3 Å². The van der Waals surface area contributed by atoms with Crippen LogP contribution < -0.4 is 5.32 Å². The van der Waals surface area contributed by atoms with Gasteiger partial charge in [-0.25, -0.2) is 0 Å². The van der Waals surface area contributed by atoms with Gasteiger partial charge in [0.15, 0.2) is 0 Å². The zero-order chi connectivity index (χ0) is 16.8. The van der Waals surface area contributed by atoms with E-state index in [9.17, 15) is 9.59 Å². The van der Waals surface area contributed by atoms with Crippen LogP contribution in [0.4, 0.5) is 0 Å². The highest BCUT2D eigenvalue weighted by molar-refractivity contribution is 6.31. The van der Waals surface area contributed by atoms with Crippen LogP contribution in [-0.4, -0.2) is 35.8 Å². The molecule has 1 aromatic carbocycles. The lowest BCUT2D eigenvalue weighted by Gasteiger charge is -2.31. The lowest BCUT2D eigenvalue weighted by molar-refractivity contribution is -0.134. The maximum absolute atomic E-state index is 12.8. The van der Waals surface area contributed by atoms with Crippen molar-refractivity contribution in [1.82, 2.24) is 10.2 Å². The quantitative estimate of drug-likeness (QED) is 0.894. The van der Waals surface area contributed by atoms with Crippen molar-refractivity contribution in [2.45, 2.75) is 45.6 Å². The summed E-state index contributed by atoms with van der Waals surface area (Å²) in [5.41, 5.74) is 0.484. The molecule has 0 saturated carbocycles. The molecule has 0 aromatic heterocycles. The summed E-state index contributed by atoms with van der Waals surface area (Å²) in [5, 5.41) is 3.41. The zero-order valence-electron chi connectivity index (χ0n) is 13.8. The van der Waals surface area contributed by atoms with E-state index in [2.05, 4.69) is 19.2 Å². The van der Waals surface area contributed by atoms with Crippen LogP contribution in [-0.2, 0) is 4.79 Å². The van der Waals surface area contributed by atoms with Gasteiger partial charge >= 0.3 is 0 Å². The first kappa shape index (κ1) is 17.8. The van der Waals surface area contributed by atoms with Gasteiger partial charge in [-0.1, -0.05) is 31.5 Å². The van der Waals surface area contributed by atoms with E-state index in [-0.39, 0.29) is 11.8 Å². The maximum Gasteiger partial charge on any atom is 0.251 e. The summed E-state index contributed by atoms with van der Waals surface area (Å²) in [6, 6.07) is 6.32. The third-order valence-electron chi connectivity index (χ3n) is 4.07. The SMILES string of the molecule is CC(C)C[C@H](NC(=O)c1cccc(Cl)c1)C(=O)N1CCCCC1. The molecular weight excluding hydrogens is 312 g/mol. The molecule has 2 amide bonds. The van der Waals surface area contributed by atoms with Gasteiger partial charge in [-0.05, 0) is 49.8 Å². The van der Waals surface area contributed by atoms with Crippen LogP contribution in [0, 0.1) is 5.92 Å². The second kappa shape index (κ2) is 8.34. The Balaban J connectivity index is 2.08. The summed E-state index contributed by atoms with van der Waals surface area (Å²) in [4.78, 5) is 27.1. The molecule has 1 aliphatic heterocycles. The third kappa shape index (κ3) is 5.24. The minimum atomic E-state index is -0.473. The van der Waals surface area contributed by atoms with Crippen molar-refractivity contribution in [3.8, 4) is 0 Å². The number of likely N-dealkylation sites (tertiary alicyclic amines) is 1. The Kier molecular flexibility index (Phi) is 6.46. The number of nitrogens with one attached hydrogen (secondary N) is 1. The second-order valence-corrected chi connectivity index (χ2v) is 6.99. The molecule has 1 N–H and O–H groups in total. The number of amides is 2. The van der Waals surface area contributed by atoms with Crippen LogP contribution in [0.3, 0.4) is 0 Å². The number of nitrogens with zero attached hydrogens (tertiary/aromatic N) is 1. The summed E-state index contributed by atoms with van der Waals surface area (Å²) in [5.74, 6) is 0.116. The van der Waals surface area contributed by atoms with Crippen molar-refractivity contribution in [1.29, 1.82) is 0 Å². The molecule has 23 heavy (non-hydrogen) atoms. The lowest BCUT2D eigenvalue weighted by atomic mass is 10.0. The molecule has 1 aliphatic rings. The largest absolute Gasteiger partial charge is 0.341 e. The molecule has 0 aliphatic carbocycles. The van der Waals surface area contributed by atoms with Gasteiger partial charge in [0.05, 0.1) is 0 Å². The highest BCUT2D eigenvalue weighted by Gasteiger charge is 2.27. The average Bonchev–Trinajstić information content (AvgIpc) is 2.54. The van der Waals surface area contributed by atoms with Gasteiger partial charge in [0.2, 0.25) is 5.91 Å². The monoisotopic (exact) mass is 336 g/mol. The van der Waals surface area contributed by atoms with E-state index in [1.54, 1.807) is 24.3 Å². The molecule has 4 nitrogen and oxygen atoms in total. The number of halogens is 1. The smallest absolute Gasteiger partial charge is 0.251 e. The first-order valence-electron chi connectivity index (χ1n) is 8.32. The van der Waals surface area contributed by atoms with Gasteiger partial charge in [0, 0.05) is 23.7 Å². The van der Waals surface area contributed by atoms with E-state index >= 15 is 0 Å². The van der Waals surface area contributed by atoms with E-state index in [1.165, 1.54) is 6.42 Å². The van der Waals surface area contributed by atoms with Gasteiger partial charge < -0.3 is 10.2 Å². The Morgan fingerprint density at radius 3 is 2.52 bits per heavy atom. The zero-order valence-corrected chi connectivity index (χ0v) is 14.6. The Morgan fingerprint density at radius 2 is 1.91 bits per heavy atom. The molecule has 0 bridgehead atoms. The van der Waals surface area contributed by atoms with Gasteiger partial charge in [0.1, 0.15) is 6.04 Å². The number of hydrogen-bond donors (Lipinski definition) is 1. The topological polar surface area (TPSA) is 49.4 Å². The number of hydrogen-bond acceptors (Lipinski definition) is 2. The van der Waals surface area contributed by atoms with Crippen LogP contribution in [0.2, 0.25) is 5.02 Å². The van der Waals surface area contributed by atoms with Crippen molar-refractivity contribution >= 4 is 23.4 Å². The number of carbonyl (C=O) groups is 2. The Bertz CT molecular complexity index is 554. The summed E-state index contributed by atoms with van der Waals surface area (Å²) in [6.45, 7) is 5.70. The molecular formula is C18H25ClN2O2. The molecule has 126 valence electrons. The first-order chi connectivity index (χ1) is 11.0. The van der Waals surface area contributed by atoms with Gasteiger partial charge in [-0.2, -0.15) is 0 Å². The summed E-state index contributed by atoms with van der Waals surface area (Å²) < 4.78 is 0. The minimum Gasteiger partial charge on any atom is -0.341 e. The number of piperidine rings is 1. The number of rotatable bonds is 5. The Labute approximate surface area is 143 Å². The van der Waals surface area contributed by atoms with E-state index in [0.29, 0.717) is 22.9 Å². The highest BCUT2D eigenvalue weighted by atomic mass is 35.5. The third-order valence-corrected chi connectivity index (χ3v) is 4.30. The molecule has 1 heterocycles. The molecule has 1 fully saturated rings. The van der Waals surface area contributed by atoms with E-state index < -0.39 is 6.04 Å². The van der Waals surface area contributed by atoms with Crippen molar-refractivity contribution in [2.75, 3.05) is 13.1 Å². The molecule has 1 saturated heterocycles. The van der Waals surface area contributed by atoms with E-state index in [4.69, 9.17) is 11.6 Å². The van der Waals surface area contributed by atoms with E-state index in [1.807, 2.05) is 4.90 Å². The Morgan fingerprint density at radius 1 is 1.22 bits per heavy atom. The average molecular weight is 337 g/mol. The second-order valence-electron chi connectivity index (χ2n) is 6.55. The molecule has 0 radical (unpaired) electrons. The van der Waals surface area contributed by atoms with Gasteiger partial charge in [0.25, 0.3) is 5.91 Å². The Hall–Kier alpha value is -1.55. The standard InChI is InChI=1S/C18H25ClN2O2/c1-13(2)11-16(18(23)21-9-4-3-5-10-21)20-17(22)14-7-6-8-15(19)12-14/h6-8,12-13,16H,3-5,9-11H2,1-2H3,(H,20,22)/t16-/m0/s1. The van der Waals surface area contributed by atoms with Gasteiger partial charge in [-0.15, -0.1) is 0 Å². The molecule has 1 atom stereocenters. The molecule has 0 spiro atoms. The fraction of sp³-hybridized carbons (Fsp3) is 0.556. The molecule has 2 rings (SSSR count). The van der Waals surface area contributed by atoms with E-state index in [0.717, 1.165) is 25.9 Å². The van der Waals surface area contributed by atoms with Gasteiger partial charge in [-0.3, -0.25) is 9.59 Å². The molecule has 0 unspecified atom stereocenters. The van der Waals surface area contributed by atoms with Crippen LogP contribution >= 0.6 is 11.6 Å². The summed E-state index contributed by atoms with van der Waals surface area (Å²) in [7, 11) is 0. The summed E-state index contributed by atoms with van der Waals surface area (Å²) in [6.07, 6.45) is 3.90.